The van der Waals surface area contributed by atoms with Crippen LogP contribution in [0.3, 0.4) is 0 Å². The van der Waals surface area contributed by atoms with Crippen molar-refractivity contribution in [1.29, 1.82) is 0 Å². The first kappa shape index (κ1) is 15.0. The van der Waals surface area contributed by atoms with Gasteiger partial charge in [-0.25, -0.2) is 0 Å². The number of nitrogens with zero attached hydrogens (tertiary/aromatic N) is 1. The topological polar surface area (TPSA) is 62.2 Å². The number of hydrogen-bond donors (Lipinski definition) is 2. The largest absolute Gasteiger partial charge is 0.510 e. The van der Waals surface area contributed by atoms with Gasteiger partial charge in [0.05, 0.1) is 32.1 Å². The number of aliphatic hydroxyl groups excluding tert-OH is 2. The van der Waals surface area contributed by atoms with E-state index in [-0.39, 0.29) is 12.5 Å². The summed E-state index contributed by atoms with van der Waals surface area (Å²) in [6.07, 6.45) is 2.47. The van der Waals surface area contributed by atoms with E-state index in [1.165, 1.54) is 0 Å². The summed E-state index contributed by atoms with van der Waals surface area (Å²) in [4.78, 5) is 1.90. The van der Waals surface area contributed by atoms with Crippen molar-refractivity contribution in [2.75, 3.05) is 40.6 Å². The Kier molecular flexibility index (Phi) is 6.18. The second-order valence-corrected chi connectivity index (χ2v) is 4.39. The van der Waals surface area contributed by atoms with Crippen LogP contribution in [0, 0.1) is 5.92 Å². The fourth-order valence-corrected chi connectivity index (χ4v) is 1.96. The number of hydrogen-bond acceptors (Lipinski definition) is 5. The molecule has 1 aliphatic heterocycles. The van der Waals surface area contributed by atoms with Gasteiger partial charge >= 0.3 is 0 Å². The van der Waals surface area contributed by atoms with E-state index in [0.717, 1.165) is 11.4 Å². The van der Waals surface area contributed by atoms with Gasteiger partial charge in [-0.1, -0.05) is 6.08 Å². The van der Waals surface area contributed by atoms with Crippen LogP contribution in [0.1, 0.15) is 13.3 Å². The summed E-state index contributed by atoms with van der Waals surface area (Å²) < 4.78 is 10.3. The maximum absolute atomic E-state index is 9.96. The number of allylic oxidation sites excluding steroid dienone is 2. The van der Waals surface area contributed by atoms with Crippen molar-refractivity contribution >= 4 is 0 Å². The summed E-state index contributed by atoms with van der Waals surface area (Å²) in [5, 5.41) is 19.4. The van der Waals surface area contributed by atoms with Gasteiger partial charge in [0.25, 0.3) is 0 Å². The highest BCUT2D eigenvalue weighted by atomic mass is 16.5. The van der Waals surface area contributed by atoms with Gasteiger partial charge in [-0.2, -0.15) is 0 Å². The Balaban J connectivity index is 2.63. The standard InChI is InChI=1S/C13H23NO4/c1-10-4-5-12(16)13(14(10)2)11(8-15)9-18-7-6-17-3/h4,11,15-16H,5-9H2,1-3H3. The zero-order valence-electron chi connectivity index (χ0n) is 11.3. The molecule has 1 unspecified atom stereocenters. The molecule has 0 aromatic heterocycles. The summed E-state index contributed by atoms with van der Waals surface area (Å²) in [7, 11) is 3.50. The molecule has 1 aliphatic rings. The third-order valence-corrected chi connectivity index (χ3v) is 3.13. The van der Waals surface area contributed by atoms with E-state index in [4.69, 9.17) is 9.47 Å². The van der Waals surface area contributed by atoms with Gasteiger partial charge in [-0.15, -0.1) is 0 Å². The van der Waals surface area contributed by atoms with Crippen LogP contribution in [0.5, 0.6) is 0 Å². The molecule has 0 fully saturated rings. The minimum atomic E-state index is -0.212. The van der Waals surface area contributed by atoms with E-state index < -0.39 is 0 Å². The van der Waals surface area contributed by atoms with Gasteiger partial charge in [0.1, 0.15) is 5.76 Å². The van der Waals surface area contributed by atoms with Gasteiger partial charge in [-0.3, -0.25) is 0 Å². The molecule has 1 atom stereocenters. The van der Waals surface area contributed by atoms with Crippen LogP contribution < -0.4 is 0 Å². The number of aliphatic hydroxyl groups is 2. The van der Waals surface area contributed by atoms with Gasteiger partial charge < -0.3 is 24.6 Å². The molecule has 0 aromatic carbocycles. The maximum Gasteiger partial charge on any atom is 0.116 e. The zero-order chi connectivity index (χ0) is 13.5. The summed E-state index contributed by atoms with van der Waals surface area (Å²) in [5.74, 6) is 0.0907. The SMILES string of the molecule is COCCOCC(CO)C1=C(O)CC=C(C)N1C. The van der Waals surface area contributed by atoms with Crippen molar-refractivity contribution in [1.82, 2.24) is 4.90 Å². The lowest BCUT2D eigenvalue weighted by molar-refractivity contribution is 0.0396. The molecule has 5 heteroatoms. The quantitative estimate of drug-likeness (QED) is 0.672. The van der Waals surface area contributed by atoms with Crippen molar-refractivity contribution in [3.05, 3.63) is 23.2 Å². The predicted octanol–water partition coefficient (Wildman–Crippen LogP) is 1.27. The second-order valence-electron chi connectivity index (χ2n) is 4.39. The fraction of sp³-hybridized carbons (Fsp3) is 0.692. The smallest absolute Gasteiger partial charge is 0.116 e. The summed E-state index contributed by atoms with van der Waals surface area (Å²) in [6, 6.07) is 0. The van der Waals surface area contributed by atoms with E-state index in [0.29, 0.717) is 32.0 Å². The molecule has 0 aliphatic carbocycles. The number of rotatable bonds is 7. The minimum Gasteiger partial charge on any atom is -0.510 e. The lowest BCUT2D eigenvalue weighted by Gasteiger charge is -2.32. The molecule has 18 heavy (non-hydrogen) atoms. The van der Waals surface area contributed by atoms with Gasteiger partial charge in [0.15, 0.2) is 0 Å². The number of methoxy groups -OCH3 is 1. The average molecular weight is 257 g/mol. The molecule has 1 heterocycles. The van der Waals surface area contributed by atoms with Crippen LogP contribution in [-0.2, 0) is 9.47 Å². The first-order valence-electron chi connectivity index (χ1n) is 6.11. The van der Waals surface area contributed by atoms with Crippen LogP contribution in [0.2, 0.25) is 0 Å². The summed E-state index contributed by atoms with van der Waals surface area (Å²) in [6.45, 7) is 3.31. The molecule has 0 aromatic rings. The van der Waals surface area contributed by atoms with Crippen LogP contribution in [0.25, 0.3) is 0 Å². The van der Waals surface area contributed by atoms with Crippen molar-refractivity contribution in [3.63, 3.8) is 0 Å². The van der Waals surface area contributed by atoms with Gasteiger partial charge in [0, 0.05) is 32.2 Å². The van der Waals surface area contributed by atoms with E-state index in [9.17, 15) is 10.2 Å². The lowest BCUT2D eigenvalue weighted by Crippen LogP contribution is -2.31. The Hall–Kier alpha value is -1.04. The van der Waals surface area contributed by atoms with E-state index in [1.807, 2.05) is 24.9 Å². The van der Waals surface area contributed by atoms with E-state index in [1.54, 1.807) is 7.11 Å². The van der Waals surface area contributed by atoms with E-state index in [2.05, 4.69) is 0 Å². The summed E-state index contributed by atoms with van der Waals surface area (Å²) >= 11 is 0. The average Bonchev–Trinajstić information content (AvgIpc) is 2.37. The molecule has 0 saturated heterocycles. The number of ether oxygens (including phenoxy) is 2. The zero-order valence-corrected chi connectivity index (χ0v) is 11.3. The third-order valence-electron chi connectivity index (χ3n) is 3.13. The van der Waals surface area contributed by atoms with Crippen molar-refractivity contribution < 1.29 is 19.7 Å². The molecular formula is C13H23NO4. The van der Waals surface area contributed by atoms with Crippen LogP contribution in [0.15, 0.2) is 23.2 Å². The Labute approximate surface area is 108 Å². The Bertz CT molecular complexity index is 325. The lowest BCUT2D eigenvalue weighted by atomic mass is 10.0. The van der Waals surface area contributed by atoms with E-state index >= 15 is 0 Å². The Morgan fingerprint density at radius 1 is 1.44 bits per heavy atom. The second kappa shape index (κ2) is 7.41. The van der Waals surface area contributed by atoms with Crippen LogP contribution in [0.4, 0.5) is 0 Å². The summed E-state index contributed by atoms with van der Waals surface area (Å²) in [5.41, 5.74) is 1.81. The molecule has 2 N–H and O–H groups in total. The molecule has 0 saturated carbocycles. The highest BCUT2D eigenvalue weighted by molar-refractivity contribution is 5.23. The van der Waals surface area contributed by atoms with Crippen LogP contribution in [-0.4, -0.2) is 55.7 Å². The Morgan fingerprint density at radius 2 is 2.17 bits per heavy atom. The fourth-order valence-electron chi connectivity index (χ4n) is 1.96. The Morgan fingerprint density at radius 3 is 2.78 bits per heavy atom. The monoisotopic (exact) mass is 257 g/mol. The normalized spacial score (nSPS) is 18.0. The van der Waals surface area contributed by atoms with Crippen molar-refractivity contribution in [2.45, 2.75) is 13.3 Å². The molecule has 5 nitrogen and oxygen atoms in total. The molecule has 1 rings (SSSR count). The van der Waals surface area contributed by atoms with Crippen molar-refractivity contribution in [2.24, 2.45) is 5.92 Å². The first-order chi connectivity index (χ1) is 8.61. The van der Waals surface area contributed by atoms with Gasteiger partial charge in [-0.05, 0) is 6.92 Å². The molecule has 0 amide bonds. The maximum atomic E-state index is 9.96. The minimum absolute atomic E-state index is 0.0516. The highest BCUT2D eigenvalue weighted by Gasteiger charge is 2.25. The molecule has 0 spiro atoms. The molecule has 0 radical (unpaired) electrons. The van der Waals surface area contributed by atoms with Gasteiger partial charge in [0.2, 0.25) is 0 Å². The molecule has 104 valence electrons. The van der Waals surface area contributed by atoms with Crippen LogP contribution >= 0.6 is 0 Å². The predicted molar refractivity (Wildman–Crippen MR) is 69.1 cm³/mol. The third kappa shape index (κ3) is 3.73. The molecular weight excluding hydrogens is 234 g/mol. The molecule has 0 bridgehead atoms. The first-order valence-corrected chi connectivity index (χ1v) is 6.11. The highest BCUT2D eigenvalue weighted by Crippen LogP contribution is 2.27. The van der Waals surface area contributed by atoms with Crippen molar-refractivity contribution in [3.8, 4) is 0 Å².